The Morgan fingerprint density at radius 1 is 0.652 bits per heavy atom. The Bertz CT molecular complexity index is 838. The highest BCUT2D eigenvalue weighted by Crippen LogP contribution is 2.26. The van der Waals surface area contributed by atoms with E-state index in [-0.39, 0.29) is 29.4 Å². The lowest BCUT2D eigenvalue weighted by Crippen LogP contribution is -1.97. The van der Waals surface area contributed by atoms with Crippen molar-refractivity contribution in [2.45, 2.75) is 6.42 Å². The van der Waals surface area contributed by atoms with Crippen molar-refractivity contribution in [3.8, 4) is 11.5 Å². The van der Waals surface area contributed by atoms with Crippen molar-refractivity contribution in [2.75, 3.05) is 0 Å². The van der Waals surface area contributed by atoms with Crippen LogP contribution in [-0.2, 0) is 6.42 Å². The first-order chi connectivity index (χ1) is 10.7. The highest BCUT2D eigenvalue weighted by Gasteiger charge is 2.10. The van der Waals surface area contributed by atoms with Crippen LogP contribution in [0, 0.1) is 0 Å². The smallest absolute Gasteiger partial charge is 0.235 e. The molecule has 0 aliphatic carbocycles. The fourth-order valence-corrected chi connectivity index (χ4v) is 3.80. The zero-order valence-electron chi connectivity index (χ0n) is 11.2. The molecule has 0 heterocycles. The van der Waals surface area contributed by atoms with Gasteiger partial charge in [-0.3, -0.25) is 9.59 Å². The molecule has 0 atom stereocenters. The molecule has 23 heavy (non-hydrogen) atoms. The molecule has 0 aliphatic heterocycles. The van der Waals surface area contributed by atoms with Gasteiger partial charge in [0.1, 0.15) is 0 Å². The summed E-state index contributed by atoms with van der Waals surface area (Å²) in [5.41, 5.74) is 0.392. The number of halogens is 4. The van der Waals surface area contributed by atoms with Gasteiger partial charge in [0.2, 0.25) is 10.9 Å². The van der Waals surface area contributed by atoms with Crippen LogP contribution in [0.4, 0.5) is 0 Å². The van der Waals surface area contributed by atoms with Gasteiger partial charge in [-0.05, 0) is 106 Å². The number of hydrogen-bond donors (Lipinski definition) is 2. The van der Waals surface area contributed by atoms with Crippen molar-refractivity contribution in [1.29, 1.82) is 0 Å². The highest BCUT2D eigenvalue weighted by molar-refractivity contribution is 9.11. The third kappa shape index (κ3) is 4.23. The molecule has 0 spiro atoms. The molecule has 0 bridgehead atoms. The molecule has 0 aromatic heterocycles. The van der Waals surface area contributed by atoms with E-state index < -0.39 is 10.9 Å². The van der Waals surface area contributed by atoms with E-state index in [0.717, 1.165) is 11.1 Å². The summed E-state index contributed by atoms with van der Waals surface area (Å²) in [6, 6.07) is 6.43. The monoisotopic (exact) mass is 568 g/mol. The second kappa shape index (κ2) is 7.46. The molecule has 0 amide bonds. The first-order valence-electron chi connectivity index (χ1n) is 6.13. The van der Waals surface area contributed by atoms with Crippen molar-refractivity contribution in [3.05, 3.63) is 73.7 Å². The van der Waals surface area contributed by atoms with Gasteiger partial charge in [0.15, 0.2) is 11.5 Å². The van der Waals surface area contributed by atoms with Gasteiger partial charge in [-0.2, -0.15) is 0 Å². The molecule has 2 aromatic rings. The lowest BCUT2D eigenvalue weighted by atomic mass is 10.1. The summed E-state index contributed by atoms with van der Waals surface area (Å²) in [6.45, 7) is 0. The molecule has 0 radical (unpaired) electrons. The summed E-state index contributed by atoms with van der Waals surface area (Å²) in [5, 5.41) is 19.5. The average molecular weight is 572 g/mol. The standard InChI is InChI=1S/C15H8Br4O4/c16-8-2-6(3-9(17)13(21)12(8)20)1-7-4-10(18)14(22)15(23)11(19)5-7/h2-5H,1H2,(H,20,21)(H,22,23). The van der Waals surface area contributed by atoms with Gasteiger partial charge in [-0.1, -0.05) is 0 Å². The van der Waals surface area contributed by atoms with E-state index in [0.29, 0.717) is 6.42 Å². The topological polar surface area (TPSA) is 74.6 Å². The largest absolute Gasteiger partial charge is 0.503 e. The van der Waals surface area contributed by atoms with Crippen LogP contribution in [-0.4, -0.2) is 10.2 Å². The van der Waals surface area contributed by atoms with E-state index in [1.165, 1.54) is 0 Å². The summed E-state index contributed by atoms with van der Waals surface area (Å²) in [4.78, 5) is 23.7. The van der Waals surface area contributed by atoms with Crippen molar-refractivity contribution in [1.82, 2.24) is 0 Å². The molecule has 0 aliphatic rings. The molecular formula is C15H8Br4O4. The molecule has 0 saturated heterocycles. The van der Waals surface area contributed by atoms with E-state index in [2.05, 4.69) is 63.7 Å². The zero-order valence-corrected chi connectivity index (χ0v) is 17.6. The minimum absolute atomic E-state index is 0.224. The second-order valence-electron chi connectivity index (χ2n) is 4.65. The molecule has 2 rings (SSSR count). The van der Waals surface area contributed by atoms with Crippen LogP contribution < -0.4 is 10.9 Å². The number of aromatic hydroxyl groups is 2. The molecule has 8 heteroatoms. The molecule has 0 saturated carbocycles. The van der Waals surface area contributed by atoms with Crippen LogP contribution in [0.1, 0.15) is 11.1 Å². The second-order valence-corrected chi connectivity index (χ2v) is 8.07. The first kappa shape index (κ1) is 18.6. The van der Waals surface area contributed by atoms with Crippen molar-refractivity contribution in [3.63, 3.8) is 0 Å². The normalized spacial score (nSPS) is 10.6. The maximum absolute atomic E-state index is 11.8. The van der Waals surface area contributed by atoms with E-state index in [4.69, 9.17) is 0 Å². The molecule has 4 nitrogen and oxygen atoms in total. The van der Waals surface area contributed by atoms with Gasteiger partial charge < -0.3 is 10.2 Å². The number of hydrogen-bond acceptors (Lipinski definition) is 4. The van der Waals surface area contributed by atoms with Crippen LogP contribution in [0.15, 0.2) is 51.7 Å². The third-order valence-electron chi connectivity index (χ3n) is 2.97. The molecular weight excluding hydrogens is 564 g/mol. The van der Waals surface area contributed by atoms with Gasteiger partial charge in [0, 0.05) is 0 Å². The van der Waals surface area contributed by atoms with Crippen LogP contribution in [0.5, 0.6) is 11.5 Å². The Hall–Kier alpha value is -0.700. The fraction of sp³-hybridized carbons (Fsp3) is 0.0667. The minimum Gasteiger partial charge on any atom is -0.503 e. The van der Waals surface area contributed by atoms with Crippen LogP contribution in [0.25, 0.3) is 0 Å². The third-order valence-corrected chi connectivity index (χ3v) is 5.36. The van der Waals surface area contributed by atoms with Crippen molar-refractivity contribution in [2.24, 2.45) is 0 Å². The van der Waals surface area contributed by atoms with E-state index in [1.54, 1.807) is 24.3 Å². The van der Waals surface area contributed by atoms with Crippen molar-refractivity contribution < 1.29 is 10.2 Å². The van der Waals surface area contributed by atoms with Crippen molar-refractivity contribution >= 4 is 63.7 Å². The predicted molar refractivity (Wildman–Crippen MR) is 102 cm³/mol. The van der Waals surface area contributed by atoms with Crippen LogP contribution in [0.2, 0.25) is 0 Å². The van der Waals surface area contributed by atoms with Gasteiger partial charge in [-0.25, -0.2) is 0 Å². The molecule has 120 valence electrons. The Kier molecular flexibility index (Phi) is 6.05. The van der Waals surface area contributed by atoms with Gasteiger partial charge in [0.05, 0.1) is 17.9 Å². The summed E-state index contributed by atoms with van der Waals surface area (Å²) in [6.07, 6.45) is 0.371. The fourth-order valence-electron chi connectivity index (χ4n) is 1.89. The molecule has 2 aromatic carbocycles. The van der Waals surface area contributed by atoms with E-state index >= 15 is 0 Å². The average Bonchev–Trinajstić information content (AvgIpc) is 2.63. The van der Waals surface area contributed by atoms with Crippen LogP contribution >= 0.6 is 63.7 Å². The summed E-state index contributed by atoms with van der Waals surface area (Å²) in [7, 11) is 0. The van der Waals surface area contributed by atoms with Crippen LogP contribution in [0.3, 0.4) is 0 Å². The quantitative estimate of drug-likeness (QED) is 0.558. The van der Waals surface area contributed by atoms with Gasteiger partial charge >= 0.3 is 0 Å². The van der Waals surface area contributed by atoms with Gasteiger partial charge in [0.25, 0.3) is 0 Å². The summed E-state index contributed by atoms with van der Waals surface area (Å²) < 4.78 is 0.992. The molecule has 0 fully saturated rings. The summed E-state index contributed by atoms with van der Waals surface area (Å²) >= 11 is 12.6. The lowest BCUT2D eigenvalue weighted by molar-refractivity contribution is 0.466. The zero-order chi connectivity index (χ0) is 17.3. The Balaban J connectivity index is 2.62. The SMILES string of the molecule is O=c1c(Br)cc(Cc2cc(Br)c(O)c(=O)c(Br)c2)cc(Br)c1O. The Labute approximate surface area is 164 Å². The summed E-state index contributed by atoms with van der Waals surface area (Å²) in [5.74, 6) is -0.771. The Morgan fingerprint density at radius 3 is 1.30 bits per heavy atom. The maximum Gasteiger partial charge on any atom is 0.235 e. The maximum atomic E-state index is 11.8. The lowest BCUT2D eigenvalue weighted by Gasteiger charge is -1.99. The molecule has 2 N–H and O–H groups in total. The first-order valence-corrected chi connectivity index (χ1v) is 9.30. The Morgan fingerprint density at radius 2 is 0.957 bits per heavy atom. The minimum atomic E-state index is -0.524. The van der Waals surface area contributed by atoms with Gasteiger partial charge in [-0.15, -0.1) is 0 Å². The predicted octanol–water partition coefficient (Wildman–Crippen LogP) is 4.46. The van der Waals surface area contributed by atoms with E-state index in [1.807, 2.05) is 0 Å². The molecule has 0 unspecified atom stereocenters. The highest BCUT2D eigenvalue weighted by atomic mass is 79.9. The number of rotatable bonds is 2. The van der Waals surface area contributed by atoms with E-state index in [9.17, 15) is 19.8 Å².